The molecule has 0 radical (unpaired) electrons. The van der Waals surface area contributed by atoms with E-state index >= 15 is 0 Å². The highest BCUT2D eigenvalue weighted by Crippen LogP contribution is 2.57. The lowest BCUT2D eigenvalue weighted by molar-refractivity contribution is -0.144. The molecule has 1 fully saturated rings. The zero-order chi connectivity index (χ0) is 17.0. The second kappa shape index (κ2) is 5.51. The van der Waals surface area contributed by atoms with Crippen molar-refractivity contribution in [3.8, 4) is 5.75 Å². The summed E-state index contributed by atoms with van der Waals surface area (Å²) in [5, 5.41) is 9.78. The van der Waals surface area contributed by atoms with Crippen molar-refractivity contribution in [3.63, 3.8) is 0 Å². The molecule has 1 N–H and O–H groups in total. The number of alkyl halides is 5. The number of aliphatic hydroxyl groups excluding tert-OH is 1. The second-order valence-corrected chi connectivity index (χ2v) is 6.72. The van der Waals surface area contributed by atoms with Crippen LogP contribution in [0.1, 0.15) is 42.7 Å². The minimum absolute atomic E-state index is 0.0714. The van der Waals surface area contributed by atoms with Gasteiger partial charge in [0.05, 0.1) is 0 Å². The Morgan fingerprint density at radius 1 is 1.22 bits per heavy atom. The molecule has 3 rings (SSSR count). The monoisotopic (exact) mass is 354 g/mol. The van der Waals surface area contributed by atoms with Crippen LogP contribution in [0.5, 0.6) is 5.75 Å². The van der Waals surface area contributed by atoms with E-state index in [0.29, 0.717) is 4.90 Å². The molecule has 0 aliphatic heterocycles. The molecule has 0 bridgehead atoms. The quantitative estimate of drug-likeness (QED) is 0.632. The van der Waals surface area contributed by atoms with Crippen LogP contribution < -0.4 is 4.74 Å². The van der Waals surface area contributed by atoms with Gasteiger partial charge in [-0.2, -0.15) is 8.78 Å². The maximum absolute atomic E-state index is 14.2. The summed E-state index contributed by atoms with van der Waals surface area (Å²) in [4.78, 5) is 0.316. The fourth-order valence-corrected chi connectivity index (χ4v) is 3.78. The van der Waals surface area contributed by atoms with Crippen molar-refractivity contribution in [1.29, 1.82) is 0 Å². The molecule has 8 heteroatoms. The van der Waals surface area contributed by atoms with Gasteiger partial charge in [-0.3, -0.25) is 0 Å². The van der Waals surface area contributed by atoms with E-state index < -0.39 is 42.2 Å². The molecule has 0 spiro atoms. The topological polar surface area (TPSA) is 29.5 Å². The van der Waals surface area contributed by atoms with Crippen LogP contribution in [0.2, 0.25) is 0 Å². The van der Waals surface area contributed by atoms with Gasteiger partial charge in [-0.1, -0.05) is 0 Å². The molecule has 1 aromatic carbocycles. The molecule has 3 unspecified atom stereocenters. The summed E-state index contributed by atoms with van der Waals surface area (Å²) < 4.78 is 73.8. The van der Waals surface area contributed by atoms with Crippen molar-refractivity contribution in [2.45, 2.75) is 54.4 Å². The van der Waals surface area contributed by atoms with Gasteiger partial charge < -0.3 is 9.84 Å². The summed E-state index contributed by atoms with van der Waals surface area (Å²) in [5.41, 5.74) is -0.637. The second-order valence-electron chi connectivity index (χ2n) is 5.87. The first-order valence-corrected chi connectivity index (χ1v) is 8.35. The van der Waals surface area contributed by atoms with Crippen molar-refractivity contribution in [3.05, 3.63) is 23.3 Å². The maximum atomic E-state index is 14.2. The van der Waals surface area contributed by atoms with Crippen LogP contribution >= 0.6 is 11.8 Å². The molecule has 2 aliphatic carbocycles. The first-order valence-electron chi connectivity index (χ1n) is 7.12. The van der Waals surface area contributed by atoms with Gasteiger partial charge in [0.1, 0.15) is 18.0 Å². The predicted octanol–water partition coefficient (Wildman–Crippen LogP) is 4.67. The number of hydrogen-bond acceptors (Lipinski definition) is 3. The Kier molecular flexibility index (Phi) is 4.03. The first kappa shape index (κ1) is 16.8. The molecule has 1 aromatic rings. The van der Waals surface area contributed by atoms with Gasteiger partial charge >= 0.3 is 5.92 Å². The van der Waals surface area contributed by atoms with Crippen LogP contribution in [0.15, 0.2) is 17.0 Å². The van der Waals surface area contributed by atoms with E-state index in [1.807, 2.05) is 0 Å². The average Bonchev–Trinajstić information content (AvgIpc) is 2.91. The van der Waals surface area contributed by atoms with Gasteiger partial charge in [0, 0.05) is 28.9 Å². The highest BCUT2D eigenvalue weighted by atomic mass is 32.2. The molecular weight excluding hydrogens is 339 g/mol. The normalized spacial score (nSPS) is 31.2. The van der Waals surface area contributed by atoms with E-state index in [2.05, 4.69) is 0 Å². The molecule has 128 valence electrons. The summed E-state index contributed by atoms with van der Waals surface area (Å²) in [6, 6.07) is 2.74. The van der Waals surface area contributed by atoms with Crippen LogP contribution in [0.4, 0.5) is 22.0 Å². The van der Waals surface area contributed by atoms with Crippen LogP contribution in [-0.2, 0) is 0 Å². The van der Waals surface area contributed by atoms with Crippen molar-refractivity contribution in [2.24, 2.45) is 0 Å². The SMILES string of the molecule is CSc1ccc(OC2CCC(F)(F)C2)c2c1C(O)C(F)(F)C2F. The lowest BCUT2D eigenvalue weighted by Gasteiger charge is -2.18. The number of thioether (sulfide) groups is 1. The Labute approximate surface area is 134 Å². The minimum Gasteiger partial charge on any atom is -0.490 e. The molecule has 0 aromatic heterocycles. The summed E-state index contributed by atoms with van der Waals surface area (Å²) in [6.45, 7) is 0. The van der Waals surface area contributed by atoms with Crippen molar-refractivity contribution < 1.29 is 31.8 Å². The highest BCUT2D eigenvalue weighted by molar-refractivity contribution is 7.98. The first-order chi connectivity index (χ1) is 10.7. The number of aliphatic hydroxyl groups is 1. The van der Waals surface area contributed by atoms with E-state index in [9.17, 15) is 27.1 Å². The number of halogens is 5. The number of benzene rings is 1. The number of fused-ring (bicyclic) bond motifs is 1. The molecule has 1 saturated carbocycles. The lowest BCUT2D eigenvalue weighted by Crippen LogP contribution is -2.24. The molecule has 0 saturated heterocycles. The third-order valence-corrected chi connectivity index (χ3v) is 5.10. The maximum Gasteiger partial charge on any atom is 0.312 e. The number of hydrogen-bond donors (Lipinski definition) is 1. The van der Waals surface area contributed by atoms with E-state index in [1.165, 1.54) is 12.1 Å². The molecule has 2 nitrogen and oxygen atoms in total. The van der Waals surface area contributed by atoms with Gasteiger partial charge in [-0.05, 0) is 24.8 Å². The Hall–Kier alpha value is -1.02. The molecule has 2 aliphatic rings. The van der Waals surface area contributed by atoms with Crippen LogP contribution in [0.3, 0.4) is 0 Å². The van der Waals surface area contributed by atoms with Crippen molar-refractivity contribution in [2.75, 3.05) is 6.26 Å². The van der Waals surface area contributed by atoms with Crippen molar-refractivity contribution >= 4 is 11.8 Å². The fourth-order valence-electron chi connectivity index (χ4n) is 3.13. The lowest BCUT2D eigenvalue weighted by atomic mass is 10.1. The zero-order valence-electron chi connectivity index (χ0n) is 12.2. The smallest absolute Gasteiger partial charge is 0.312 e. The Bertz CT molecular complexity index is 622. The fraction of sp³-hybridized carbons (Fsp3) is 0.600. The van der Waals surface area contributed by atoms with Gasteiger partial charge in [0.2, 0.25) is 0 Å². The van der Waals surface area contributed by atoms with E-state index in [4.69, 9.17) is 4.74 Å². The Morgan fingerprint density at radius 3 is 2.48 bits per heavy atom. The Morgan fingerprint density at radius 2 is 1.91 bits per heavy atom. The average molecular weight is 354 g/mol. The summed E-state index contributed by atoms with van der Waals surface area (Å²) in [6.07, 6.45) is -5.04. The van der Waals surface area contributed by atoms with E-state index in [-0.39, 0.29) is 24.2 Å². The van der Waals surface area contributed by atoms with Crippen molar-refractivity contribution in [1.82, 2.24) is 0 Å². The van der Waals surface area contributed by atoms with Gasteiger partial charge in [0.15, 0.2) is 6.17 Å². The Balaban J connectivity index is 1.98. The van der Waals surface area contributed by atoms with Crippen LogP contribution in [-0.4, -0.2) is 29.3 Å². The van der Waals surface area contributed by atoms with Crippen LogP contribution in [0.25, 0.3) is 0 Å². The van der Waals surface area contributed by atoms with Gasteiger partial charge in [-0.15, -0.1) is 11.8 Å². The molecule has 0 heterocycles. The molecule has 0 amide bonds. The van der Waals surface area contributed by atoms with Crippen LogP contribution in [0, 0.1) is 0 Å². The third kappa shape index (κ3) is 2.69. The van der Waals surface area contributed by atoms with Gasteiger partial charge in [0.25, 0.3) is 5.92 Å². The summed E-state index contributed by atoms with van der Waals surface area (Å²) >= 11 is 1.10. The zero-order valence-corrected chi connectivity index (χ0v) is 13.0. The summed E-state index contributed by atoms with van der Waals surface area (Å²) in [5.74, 6) is -7.01. The molecular formula is C15H15F5O2S. The predicted molar refractivity (Wildman–Crippen MR) is 75.2 cm³/mol. The van der Waals surface area contributed by atoms with E-state index in [0.717, 1.165) is 11.8 Å². The number of rotatable bonds is 3. The highest BCUT2D eigenvalue weighted by Gasteiger charge is 2.58. The van der Waals surface area contributed by atoms with E-state index in [1.54, 1.807) is 6.26 Å². The standard InChI is InChI=1S/C15H15F5O2S/c1-23-9-3-2-8(22-7-4-5-14(17,18)6-7)10-11(9)13(21)15(19,20)12(10)16/h2-3,7,12-13,21H,4-6H2,1H3. The molecule has 3 atom stereocenters. The van der Waals surface area contributed by atoms with Gasteiger partial charge in [-0.25, -0.2) is 13.2 Å². The largest absolute Gasteiger partial charge is 0.490 e. The third-order valence-electron chi connectivity index (χ3n) is 4.31. The summed E-state index contributed by atoms with van der Waals surface area (Å²) in [7, 11) is 0. The number of ether oxygens (including phenoxy) is 1. The molecule has 23 heavy (non-hydrogen) atoms. The minimum atomic E-state index is -3.97.